The molecule has 1 aliphatic rings. The van der Waals surface area contributed by atoms with Crippen molar-refractivity contribution in [3.05, 3.63) is 69.7 Å². The van der Waals surface area contributed by atoms with Gasteiger partial charge in [0.1, 0.15) is 0 Å². The fourth-order valence-corrected chi connectivity index (χ4v) is 3.67. The van der Waals surface area contributed by atoms with Gasteiger partial charge in [0.25, 0.3) is 11.8 Å². The van der Waals surface area contributed by atoms with Crippen LogP contribution >= 0.6 is 15.9 Å². The predicted octanol–water partition coefficient (Wildman–Crippen LogP) is 1.12. The van der Waals surface area contributed by atoms with Gasteiger partial charge in [0, 0.05) is 10.9 Å². The highest BCUT2D eigenvalue weighted by molar-refractivity contribution is 9.10. The van der Waals surface area contributed by atoms with Crippen LogP contribution < -0.4 is 10.6 Å². The third-order valence-electron chi connectivity index (χ3n) is 5.07. The van der Waals surface area contributed by atoms with Crippen molar-refractivity contribution < 1.29 is 24.9 Å². The van der Waals surface area contributed by atoms with E-state index in [2.05, 4.69) is 26.6 Å². The van der Waals surface area contributed by atoms with Gasteiger partial charge < -0.3 is 26.0 Å². The van der Waals surface area contributed by atoms with E-state index in [0.29, 0.717) is 6.42 Å². The maximum Gasteiger partial charge on any atom is 0.252 e. The number of hydrogen-bond donors (Lipinski definition) is 5. The standard InChI is InChI=1S/C21H23BrN2O5/c1-11(12-6-8-14(22)9-7-12)23-20(28)18(26)19(27)21(29)24-17-15-5-3-2-4-13(15)10-16(17)25/h2-9,11,16-19,25-27H,10H2,1H3,(H,23,28)(H,24,29)/t11-,16-,17-,18+,19+/m0/s1. The smallest absolute Gasteiger partial charge is 0.252 e. The predicted molar refractivity (Wildman–Crippen MR) is 110 cm³/mol. The van der Waals surface area contributed by atoms with Crippen LogP contribution in [0.15, 0.2) is 53.0 Å². The van der Waals surface area contributed by atoms with Gasteiger partial charge in [-0.05, 0) is 35.7 Å². The Labute approximate surface area is 176 Å². The second-order valence-electron chi connectivity index (χ2n) is 7.13. The molecule has 7 nitrogen and oxygen atoms in total. The Bertz CT molecular complexity index is 889. The largest absolute Gasteiger partial charge is 0.390 e. The number of halogens is 1. The third-order valence-corrected chi connectivity index (χ3v) is 5.60. The van der Waals surface area contributed by atoms with Crippen LogP contribution in [0, 0.1) is 0 Å². The maximum atomic E-state index is 12.4. The van der Waals surface area contributed by atoms with E-state index in [1.807, 2.05) is 36.4 Å². The Hall–Kier alpha value is -2.26. The van der Waals surface area contributed by atoms with Crippen LogP contribution in [0.3, 0.4) is 0 Å². The summed E-state index contributed by atoms with van der Waals surface area (Å²) in [4.78, 5) is 24.7. The molecule has 2 aromatic carbocycles. The van der Waals surface area contributed by atoms with Crippen LogP contribution in [0.1, 0.15) is 35.7 Å². The number of aliphatic hydroxyl groups is 3. The van der Waals surface area contributed by atoms with E-state index < -0.39 is 42.2 Å². The average Bonchev–Trinajstić information content (AvgIpc) is 3.02. The topological polar surface area (TPSA) is 119 Å². The summed E-state index contributed by atoms with van der Waals surface area (Å²) in [6.45, 7) is 1.73. The second kappa shape index (κ2) is 9.04. The summed E-state index contributed by atoms with van der Waals surface area (Å²) in [5.74, 6) is -1.79. The molecule has 154 valence electrons. The Morgan fingerprint density at radius 1 is 1.03 bits per heavy atom. The molecule has 1 aliphatic carbocycles. The Kier molecular flexibility index (Phi) is 6.69. The van der Waals surface area contributed by atoms with E-state index in [4.69, 9.17) is 0 Å². The zero-order chi connectivity index (χ0) is 21.1. The Balaban J connectivity index is 1.60. The summed E-state index contributed by atoms with van der Waals surface area (Å²) in [7, 11) is 0. The molecule has 3 rings (SSSR count). The molecule has 8 heteroatoms. The highest BCUT2D eigenvalue weighted by atomic mass is 79.9. The molecule has 5 N–H and O–H groups in total. The normalized spacial score (nSPS) is 21.0. The number of hydrogen-bond acceptors (Lipinski definition) is 5. The van der Waals surface area contributed by atoms with Crippen LogP contribution in [0.25, 0.3) is 0 Å². The van der Waals surface area contributed by atoms with Crippen molar-refractivity contribution in [2.45, 2.75) is 43.7 Å². The number of benzene rings is 2. The first-order chi connectivity index (χ1) is 13.8. The summed E-state index contributed by atoms with van der Waals surface area (Å²) in [6, 6.07) is 13.4. The van der Waals surface area contributed by atoms with Crippen molar-refractivity contribution in [1.82, 2.24) is 10.6 Å². The van der Waals surface area contributed by atoms with Crippen LogP contribution in [0.4, 0.5) is 0 Å². The van der Waals surface area contributed by atoms with Gasteiger partial charge in [-0.25, -0.2) is 0 Å². The molecule has 0 fully saturated rings. The van der Waals surface area contributed by atoms with Crippen molar-refractivity contribution >= 4 is 27.7 Å². The third kappa shape index (κ3) is 4.84. The molecule has 2 amide bonds. The zero-order valence-corrected chi connectivity index (χ0v) is 17.3. The van der Waals surface area contributed by atoms with E-state index in [1.165, 1.54) is 0 Å². The average molecular weight is 463 g/mol. The van der Waals surface area contributed by atoms with Crippen molar-refractivity contribution in [1.29, 1.82) is 0 Å². The quantitative estimate of drug-likeness (QED) is 0.440. The van der Waals surface area contributed by atoms with Crippen LogP contribution in [-0.4, -0.2) is 45.4 Å². The van der Waals surface area contributed by atoms with Gasteiger partial charge in [-0.2, -0.15) is 0 Å². The molecule has 0 radical (unpaired) electrons. The number of carbonyl (C=O) groups is 2. The molecule has 0 unspecified atom stereocenters. The van der Waals surface area contributed by atoms with Crippen molar-refractivity contribution in [2.75, 3.05) is 0 Å². The van der Waals surface area contributed by atoms with Gasteiger partial charge in [0.05, 0.1) is 18.2 Å². The van der Waals surface area contributed by atoms with Crippen LogP contribution in [-0.2, 0) is 16.0 Å². The van der Waals surface area contributed by atoms with Crippen LogP contribution in [0.2, 0.25) is 0 Å². The minimum absolute atomic E-state index is 0.380. The lowest BCUT2D eigenvalue weighted by Crippen LogP contribution is -2.51. The summed E-state index contributed by atoms with van der Waals surface area (Å²) < 4.78 is 0.891. The monoisotopic (exact) mass is 462 g/mol. The Morgan fingerprint density at radius 2 is 1.66 bits per heavy atom. The molecule has 0 bridgehead atoms. The first-order valence-electron chi connectivity index (χ1n) is 9.26. The van der Waals surface area contributed by atoms with Crippen LogP contribution in [0.5, 0.6) is 0 Å². The summed E-state index contributed by atoms with van der Waals surface area (Å²) in [6.07, 6.45) is -4.37. The molecule has 2 aromatic rings. The molecule has 0 saturated carbocycles. The van der Waals surface area contributed by atoms with Gasteiger partial charge in [0.2, 0.25) is 0 Å². The lowest BCUT2D eigenvalue weighted by atomic mass is 10.1. The number of fused-ring (bicyclic) bond motifs is 1. The highest BCUT2D eigenvalue weighted by Crippen LogP contribution is 2.31. The van der Waals surface area contributed by atoms with E-state index >= 15 is 0 Å². The molecule has 0 aliphatic heterocycles. The van der Waals surface area contributed by atoms with E-state index in [0.717, 1.165) is 21.2 Å². The van der Waals surface area contributed by atoms with Gasteiger partial charge in [0.15, 0.2) is 12.2 Å². The fraction of sp³-hybridized carbons (Fsp3) is 0.333. The summed E-state index contributed by atoms with van der Waals surface area (Å²) >= 11 is 3.33. The van der Waals surface area contributed by atoms with Gasteiger partial charge in [-0.1, -0.05) is 52.3 Å². The Morgan fingerprint density at radius 3 is 2.34 bits per heavy atom. The van der Waals surface area contributed by atoms with Gasteiger partial charge in [-0.15, -0.1) is 0 Å². The number of aliphatic hydroxyl groups excluding tert-OH is 3. The minimum atomic E-state index is -1.97. The van der Waals surface area contributed by atoms with Gasteiger partial charge in [-0.3, -0.25) is 9.59 Å². The molecule has 0 aromatic heterocycles. The molecule has 29 heavy (non-hydrogen) atoms. The lowest BCUT2D eigenvalue weighted by Gasteiger charge is -2.23. The van der Waals surface area contributed by atoms with E-state index in [9.17, 15) is 24.9 Å². The van der Waals surface area contributed by atoms with Crippen molar-refractivity contribution in [3.63, 3.8) is 0 Å². The number of carbonyl (C=O) groups excluding carboxylic acids is 2. The SMILES string of the molecule is C[C@H](NC(=O)[C@H](O)[C@@H](O)C(=O)N[C@H]1c2ccccc2C[C@@H]1O)c1ccc(Br)cc1. The molecular formula is C21H23BrN2O5. The second-order valence-corrected chi connectivity index (χ2v) is 8.04. The fourth-order valence-electron chi connectivity index (χ4n) is 3.41. The molecule has 5 atom stereocenters. The maximum absolute atomic E-state index is 12.4. The summed E-state index contributed by atoms with van der Waals surface area (Å²) in [5.41, 5.74) is 2.46. The lowest BCUT2D eigenvalue weighted by molar-refractivity contribution is -0.147. The van der Waals surface area contributed by atoms with E-state index in [1.54, 1.807) is 19.1 Å². The number of rotatable bonds is 6. The van der Waals surface area contributed by atoms with Crippen molar-refractivity contribution in [3.8, 4) is 0 Å². The highest BCUT2D eigenvalue weighted by Gasteiger charge is 2.36. The van der Waals surface area contributed by atoms with Crippen molar-refractivity contribution in [2.24, 2.45) is 0 Å². The molecule has 0 spiro atoms. The molecular weight excluding hydrogens is 440 g/mol. The first kappa shape index (κ1) is 21.4. The molecule has 0 saturated heterocycles. The zero-order valence-electron chi connectivity index (χ0n) is 15.7. The molecule has 0 heterocycles. The van der Waals surface area contributed by atoms with Gasteiger partial charge >= 0.3 is 0 Å². The number of amides is 2. The summed E-state index contributed by atoms with van der Waals surface area (Å²) in [5, 5.41) is 35.6. The number of nitrogens with one attached hydrogen (secondary N) is 2. The first-order valence-corrected chi connectivity index (χ1v) is 10.1. The van der Waals surface area contributed by atoms with E-state index in [-0.39, 0.29) is 0 Å². The minimum Gasteiger partial charge on any atom is -0.390 e.